The normalized spacial score (nSPS) is 11.1. The third-order valence-corrected chi connectivity index (χ3v) is 3.58. The van der Waals surface area contributed by atoms with Crippen LogP contribution in [0.15, 0.2) is 24.0 Å². The fourth-order valence-corrected chi connectivity index (χ4v) is 2.34. The molecule has 0 aromatic carbocycles. The fraction of sp³-hybridized carbons (Fsp3) is 0.467. The molecule has 23 heavy (non-hydrogen) atoms. The summed E-state index contributed by atoms with van der Waals surface area (Å²) < 4.78 is 5.19. The third kappa shape index (κ3) is 5.48. The summed E-state index contributed by atoms with van der Waals surface area (Å²) in [6, 6.07) is 1.85. The zero-order valence-corrected chi connectivity index (χ0v) is 14.6. The quantitative estimate of drug-likeness (QED) is 0.904. The summed E-state index contributed by atoms with van der Waals surface area (Å²) in [5.41, 5.74) is 2.11. The number of hydrogen-bond acceptors (Lipinski definition) is 7. The van der Waals surface area contributed by atoms with Gasteiger partial charge in [-0.05, 0) is 26.8 Å². The summed E-state index contributed by atoms with van der Waals surface area (Å²) >= 11 is 1.53. The maximum atomic E-state index is 11.6. The first kappa shape index (κ1) is 17.1. The summed E-state index contributed by atoms with van der Waals surface area (Å²) in [7, 11) is 1.88. The Bertz CT molecular complexity index is 640. The molecule has 0 radical (unpaired) electrons. The minimum absolute atomic E-state index is 0.426. The van der Waals surface area contributed by atoms with E-state index < -0.39 is 11.7 Å². The molecule has 0 saturated heterocycles. The van der Waals surface area contributed by atoms with Gasteiger partial charge in [0.2, 0.25) is 5.95 Å². The molecule has 0 unspecified atom stereocenters. The van der Waals surface area contributed by atoms with Gasteiger partial charge in [0.05, 0.1) is 16.1 Å². The number of nitrogens with one attached hydrogen (secondary N) is 1. The molecule has 0 aliphatic heterocycles. The lowest BCUT2D eigenvalue weighted by Gasteiger charge is -2.21. The molecule has 8 heteroatoms. The standard InChI is InChI=1S/C15H21N5O2S/c1-15(2,3)22-14(21)18-7-8-20(4)13-17-6-5-11(19-13)12-9-16-10-23-12/h5-6,9-10H,7-8H2,1-4H3,(H,18,21). The van der Waals surface area contributed by atoms with Crippen LogP contribution in [-0.4, -0.2) is 46.8 Å². The molecule has 7 nitrogen and oxygen atoms in total. The van der Waals surface area contributed by atoms with Crippen LogP contribution in [0.2, 0.25) is 0 Å². The van der Waals surface area contributed by atoms with Gasteiger partial charge in [0.25, 0.3) is 0 Å². The van der Waals surface area contributed by atoms with Gasteiger partial charge < -0.3 is 15.0 Å². The monoisotopic (exact) mass is 335 g/mol. The van der Waals surface area contributed by atoms with Crippen molar-refractivity contribution in [2.75, 3.05) is 25.0 Å². The molecule has 2 aromatic heterocycles. The van der Waals surface area contributed by atoms with Gasteiger partial charge in [-0.25, -0.2) is 14.8 Å². The molecule has 0 saturated carbocycles. The molecule has 2 heterocycles. The van der Waals surface area contributed by atoms with E-state index in [1.807, 2.05) is 38.8 Å². The maximum absolute atomic E-state index is 11.6. The Morgan fingerprint density at radius 1 is 1.43 bits per heavy atom. The molecule has 1 N–H and O–H groups in total. The summed E-state index contributed by atoms with van der Waals surface area (Å²) in [6.07, 6.45) is 3.07. The van der Waals surface area contributed by atoms with Crippen LogP contribution in [0.25, 0.3) is 10.6 Å². The highest BCUT2D eigenvalue weighted by Gasteiger charge is 2.16. The number of hydrogen-bond donors (Lipinski definition) is 1. The molecule has 0 bridgehead atoms. The van der Waals surface area contributed by atoms with Crippen molar-refractivity contribution in [3.63, 3.8) is 0 Å². The Morgan fingerprint density at radius 3 is 2.87 bits per heavy atom. The zero-order valence-electron chi connectivity index (χ0n) is 13.7. The summed E-state index contributed by atoms with van der Waals surface area (Å²) in [4.78, 5) is 27.3. The van der Waals surface area contributed by atoms with Crippen LogP contribution in [0, 0.1) is 0 Å². The van der Waals surface area contributed by atoms with Gasteiger partial charge in [-0.2, -0.15) is 0 Å². The van der Waals surface area contributed by atoms with E-state index in [0.29, 0.717) is 19.0 Å². The highest BCUT2D eigenvalue weighted by molar-refractivity contribution is 7.13. The Labute approximate surface area is 139 Å². The van der Waals surface area contributed by atoms with E-state index in [-0.39, 0.29) is 0 Å². The molecule has 0 fully saturated rings. The van der Waals surface area contributed by atoms with Crippen molar-refractivity contribution in [1.82, 2.24) is 20.3 Å². The molecular weight excluding hydrogens is 314 g/mol. The van der Waals surface area contributed by atoms with E-state index in [4.69, 9.17) is 4.74 Å². The van der Waals surface area contributed by atoms with Crippen LogP contribution in [0.1, 0.15) is 20.8 Å². The van der Waals surface area contributed by atoms with Crippen LogP contribution in [0.5, 0.6) is 0 Å². The van der Waals surface area contributed by atoms with Crippen LogP contribution in [-0.2, 0) is 4.74 Å². The summed E-state index contributed by atoms with van der Waals surface area (Å²) in [6.45, 7) is 6.51. The van der Waals surface area contributed by atoms with Crippen LogP contribution in [0.3, 0.4) is 0 Å². The largest absolute Gasteiger partial charge is 0.444 e. The van der Waals surface area contributed by atoms with Crippen molar-refractivity contribution in [2.45, 2.75) is 26.4 Å². The number of alkyl carbamates (subject to hydrolysis) is 1. The fourth-order valence-electron chi connectivity index (χ4n) is 1.75. The van der Waals surface area contributed by atoms with E-state index >= 15 is 0 Å². The van der Waals surface area contributed by atoms with Crippen molar-refractivity contribution < 1.29 is 9.53 Å². The van der Waals surface area contributed by atoms with Gasteiger partial charge in [-0.15, -0.1) is 11.3 Å². The Kier molecular flexibility index (Phi) is 5.49. The Hall–Kier alpha value is -2.22. The molecule has 0 spiro atoms. The summed E-state index contributed by atoms with van der Waals surface area (Å²) in [5, 5.41) is 2.72. The first-order valence-corrected chi connectivity index (χ1v) is 8.13. The zero-order chi connectivity index (χ0) is 16.9. The number of carbonyl (C=O) groups is 1. The minimum atomic E-state index is -0.498. The van der Waals surface area contributed by atoms with Crippen LogP contribution in [0.4, 0.5) is 10.7 Å². The topological polar surface area (TPSA) is 80.2 Å². The van der Waals surface area contributed by atoms with Crippen molar-refractivity contribution in [3.8, 4) is 10.6 Å². The van der Waals surface area contributed by atoms with Gasteiger partial charge in [0.15, 0.2) is 0 Å². The minimum Gasteiger partial charge on any atom is -0.444 e. The Balaban J connectivity index is 1.88. The van der Waals surface area contributed by atoms with Gasteiger partial charge in [0.1, 0.15) is 5.60 Å². The number of nitrogens with zero attached hydrogens (tertiary/aromatic N) is 4. The highest BCUT2D eigenvalue weighted by atomic mass is 32.1. The SMILES string of the molecule is CN(CCNC(=O)OC(C)(C)C)c1nccc(-c2cncs2)n1. The van der Waals surface area contributed by atoms with Crippen molar-refractivity contribution in [1.29, 1.82) is 0 Å². The number of amides is 1. The van der Waals surface area contributed by atoms with Crippen LogP contribution < -0.4 is 10.2 Å². The van der Waals surface area contributed by atoms with Gasteiger partial charge in [-0.3, -0.25) is 4.98 Å². The third-order valence-electron chi connectivity index (χ3n) is 2.78. The number of anilines is 1. The molecule has 124 valence electrons. The van der Waals surface area contributed by atoms with Crippen molar-refractivity contribution >= 4 is 23.4 Å². The van der Waals surface area contributed by atoms with E-state index in [1.165, 1.54) is 11.3 Å². The van der Waals surface area contributed by atoms with Crippen molar-refractivity contribution in [2.24, 2.45) is 0 Å². The number of aromatic nitrogens is 3. The first-order valence-electron chi connectivity index (χ1n) is 7.25. The van der Waals surface area contributed by atoms with Gasteiger partial charge in [-0.1, -0.05) is 0 Å². The lowest BCUT2D eigenvalue weighted by molar-refractivity contribution is 0.0529. The van der Waals surface area contributed by atoms with E-state index in [2.05, 4.69) is 20.3 Å². The average molecular weight is 335 g/mol. The predicted octanol–water partition coefficient (Wildman–Crippen LogP) is 2.56. The van der Waals surface area contributed by atoms with E-state index in [1.54, 1.807) is 17.9 Å². The molecule has 0 atom stereocenters. The maximum Gasteiger partial charge on any atom is 0.407 e. The number of ether oxygens (including phenoxy) is 1. The van der Waals surface area contributed by atoms with E-state index in [0.717, 1.165) is 10.6 Å². The number of thiazole rings is 1. The highest BCUT2D eigenvalue weighted by Crippen LogP contribution is 2.21. The summed E-state index contributed by atoms with van der Waals surface area (Å²) in [5.74, 6) is 0.599. The van der Waals surface area contributed by atoms with Crippen LogP contribution >= 0.6 is 11.3 Å². The molecule has 2 aromatic rings. The smallest absolute Gasteiger partial charge is 0.407 e. The lowest BCUT2D eigenvalue weighted by atomic mass is 10.2. The second-order valence-corrected chi connectivity index (χ2v) is 6.84. The average Bonchev–Trinajstić information content (AvgIpc) is 2.99. The molecule has 0 aliphatic rings. The van der Waals surface area contributed by atoms with Gasteiger partial charge >= 0.3 is 6.09 Å². The molecule has 1 amide bonds. The molecule has 2 rings (SSSR count). The second kappa shape index (κ2) is 7.36. The second-order valence-electron chi connectivity index (χ2n) is 5.96. The number of rotatable bonds is 5. The van der Waals surface area contributed by atoms with Crippen molar-refractivity contribution in [3.05, 3.63) is 24.0 Å². The van der Waals surface area contributed by atoms with Gasteiger partial charge in [0, 0.05) is 32.5 Å². The van der Waals surface area contributed by atoms with E-state index in [9.17, 15) is 4.79 Å². The number of likely N-dealkylation sites (N-methyl/N-ethyl adjacent to an activating group) is 1. The molecular formula is C15H21N5O2S. The molecule has 0 aliphatic carbocycles. The Morgan fingerprint density at radius 2 is 2.22 bits per heavy atom. The number of carbonyl (C=O) groups excluding carboxylic acids is 1. The lowest BCUT2D eigenvalue weighted by Crippen LogP contribution is -2.37. The first-order chi connectivity index (χ1) is 10.8. The predicted molar refractivity (Wildman–Crippen MR) is 90.6 cm³/mol.